The Hall–Kier alpha value is -3.44. The lowest BCUT2D eigenvalue weighted by Gasteiger charge is -2.33. The zero-order valence-corrected chi connectivity index (χ0v) is 18.4. The molecule has 1 aliphatic rings. The van der Waals surface area contributed by atoms with E-state index in [1.165, 1.54) is 16.4 Å². The first-order valence-corrected chi connectivity index (χ1v) is 11.3. The maximum Gasteiger partial charge on any atom is 0.284 e. The van der Waals surface area contributed by atoms with Gasteiger partial charge in [-0.25, -0.2) is 8.42 Å². The summed E-state index contributed by atoms with van der Waals surface area (Å²) >= 11 is 0. The van der Waals surface area contributed by atoms with Crippen molar-refractivity contribution >= 4 is 32.7 Å². The van der Waals surface area contributed by atoms with E-state index in [0.717, 1.165) is 10.9 Å². The van der Waals surface area contributed by atoms with Crippen molar-refractivity contribution in [3.8, 4) is 5.75 Å². The van der Waals surface area contributed by atoms with Crippen molar-refractivity contribution in [3.63, 3.8) is 0 Å². The number of rotatable bonds is 5. The molecule has 0 radical (unpaired) electrons. The van der Waals surface area contributed by atoms with Crippen LogP contribution in [0.15, 0.2) is 45.9 Å². The van der Waals surface area contributed by atoms with Crippen molar-refractivity contribution in [2.24, 2.45) is 5.73 Å². The van der Waals surface area contributed by atoms with Crippen LogP contribution in [0.25, 0.3) is 10.9 Å². The molecule has 0 saturated carbocycles. The Morgan fingerprint density at radius 1 is 1.09 bits per heavy atom. The lowest BCUT2D eigenvalue weighted by Crippen LogP contribution is -2.50. The molecule has 2 aromatic heterocycles. The molecule has 0 bridgehead atoms. The third-order valence-electron chi connectivity index (χ3n) is 5.39. The van der Waals surface area contributed by atoms with Crippen molar-refractivity contribution in [3.05, 3.63) is 53.4 Å². The van der Waals surface area contributed by atoms with Crippen molar-refractivity contribution in [2.45, 2.75) is 12.0 Å². The number of ether oxygens (including phenoxy) is 1. The Morgan fingerprint density at radius 3 is 2.44 bits per heavy atom. The number of sulfonamides is 1. The topological polar surface area (TPSA) is 136 Å². The first kappa shape index (κ1) is 21.8. The van der Waals surface area contributed by atoms with E-state index >= 15 is 0 Å². The Labute approximate surface area is 184 Å². The average Bonchev–Trinajstić information content (AvgIpc) is 3.29. The summed E-state index contributed by atoms with van der Waals surface area (Å²) in [5.41, 5.74) is 6.90. The van der Waals surface area contributed by atoms with E-state index in [4.69, 9.17) is 14.9 Å². The highest BCUT2D eigenvalue weighted by molar-refractivity contribution is 7.89. The number of pyridine rings is 1. The minimum absolute atomic E-state index is 0.0952. The molecule has 168 valence electrons. The molecule has 1 fully saturated rings. The van der Waals surface area contributed by atoms with Crippen molar-refractivity contribution in [2.75, 3.05) is 33.3 Å². The summed E-state index contributed by atoms with van der Waals surface area (Å²) in [6.45, 7) is 2.37. The van der Waals surface area contributed by atoms with Crippen LogP contribution in [0, 0.1) is 6.92 Å². The maximum atomic E-state index is 13.1. The van der Waals surface area contributed by atoms with Crippen LogP contribution in [0.1, 0.15) is 26.6 Å². The van der Waals surface area contributed by atoms with Crippen LogP contribution in [0.2, 0.25) is 0 Å². The SMILES string of the molecule is COc1ccc2cc(C(=O)N3CCN(S(=O)(=O)c4ccc(C(N)=O)o4)CC3)c(C)nc2c1. The van der Waals surface area contributed by atoms with Gasteiger partial charge < -0.3 is 19.8 Å². The molecule has 3 heterocycles. The van der Waals surface area contributed by atoms with Crippen molar-refractivity contribution in [1.29, 1.82) is 0 Å². The van der Waals surface area contributed by atoms with E-state index in [1.54, 1.807) is 37.1 Å². The molecule has 3 aromatic rings. The number of nitrogens with two attached hydrogens (primary N) is 1. The number of fused-ring (bicyclic) bond motifs is 1. The quantitative estimate of drug-likeness (QED) is 0.610. The molecule has 1 aliphatic heterocycles. The van der Waals surface area contributed by atoms with E-state index < -0.39 is 15.9 Å². The zero-order valence-electron chi connectivity index (χ0n) is 17.6. The molecule has 0 aliphatic carbocycles. The van der Waals surface area contributed by atoms with Gasteiger partial charge in [-0.1, -0.05) is 0 Å². The fourth-order valence-corrected chi connectivity index (χ4v) is 4.94. The Kier molecular flexibility index (Phi) is 5.61. The van der Waals surface area contributed by atoms with Gasteiger partial charge >= 0.3 is 0 Å². The van der Waals surface area contributed by atoms with Gasteiger partial charge in [0.1, 0.15) is 5.75 Å². The van der Waals surface area contributed by atoms with Gasteiger partial charge in [0.15, 0.2) is 5.76 Å². The molecular formula is C21H22N4O6S. The number of hydrogen-bond acceptors (Lipinski definition) is 7. The molecule has 11 heteroatoms. The third-order valence-corrected chi connectivity index (χ3v) is 7.16. The highest BCUT2D eigenvalue weighted by Crippen LogP contribution is 2.24. The molecule has 2 amide bonds. The Bertz CT molecular complexity index is 1310. The summed E-state index contributed by atoms with van der Waals surface area (Å²) in [7, 11) is -2.36. The monoisotopic (exact) mass is 458 g/mol. The summed E-state index contributed by atoms with van der Waals surface area (Å²) < 4.78 is 37.1. The second kappa shape index (κ2) is 8.24. The van der Waals surface area contributed by atoms with E-state index in [1.807, 2.05) is 6.07 Å². The van der Waals surface area contributed by atoms with Gasteiger partial charge in [0.25, 0.3) is 21.8 Å². The number of aromatic nitrogens is 1. The maximum absolute atomic E-state index is 13.1. The number of primary amides is 1. The van der Waals surface area contributed by atoms with Crippen LogP contribution in [-0.4, -0.2) is 67.7 Å². The summed E-state index contributed by atoms with van der Waals surface area (Å²) in [5, 5.41) is 0.458. The Balaban J connectivity index is 1.49. The van der Waals surface area contributed by atoms with Crippen LogP contribution in [-0.2, 0) is 10.0 Å². The van der Waals surface area contributed by atoms with Crippen LogP contribution in [0.3, 0.4) is 0 Å². The molecule has 1 aromatic carbocycles. The van der Waals surface area contributed by atoms with Crippen LogP contribution in [0.4, 0.5) is 0 Å². The first-order valence-electron chi connectivity index (χ1n) is 9.85. The standard InChI is InChI=1S/C21H22N4O6S/c1-13-16(11-14-3-4-15(30-2)12-17(14)23-13)21(27)24-7-9-25(10-8-24)32(28,29)19-6-5-18(31-19)20(22)26/h3-6,11-12H,7-10H2,1-2H3,(H2,22,26). The van der Waals surface area contributed by atoms with E-state index in [2.05, 4.69) is 4.98 Å². The van der Waals surface area contributed by atoms with Gasteiger partial charge in [-0.05, 0) is 37.3 Å². The number of aryl methyl sites for hydroxylation is 1. The van der Waals surface area contributed by atoms with Crippen molar-refractivity contribution in [1.82, 2.24) is 14.2 Å². The van der Waals surface area contributed by atoms with Gasteiger partial charge in [0.2, 0.25) is 5.09 Å². The number of carbonyl (C=O) groups is 2. The lowest BCUT2D eigenvalue weighted by atomic mass is 10.1. The van der Waals surface area contributed by atoms with Gasteiger partial charge in [-0.2, -0.15) is 4.31 Å². The predicted octanol–water partition coefficient (Wildman–Crippen LogP) is 1.39. The fraction of sp³-hybridized carbons (Fsp3) is 0.286. The lowest BCUT2D eigenvalue weighted by molar-refractivity contribution is 0.0695. The Morgan fingerprint density at radius 2 is 1.81 bits per heavy atom. The number of amides is 2. The molecule has 1 saturated heterocycles. The molecule has 0 unspecified atom stereocenters. The summed E-state index contributed by atoms with van der Waals surface area (Å²) in [5.74, 6) is -0.604. The van der Waals surface area contributed by atoms with Crippen LogP contribution >= 0.6 is 0 Å². The fourth-order valence-electron chi connectivity index (χ4n) is 3.61. The van der Waals surface area contributed by atoms with E-state index in [9.17, 15) is 18.0 Å². The van der Waals surface area contributed by atoms with Crippen molar-refractivity contribution < 1.29 is 27.2 Å². The highest BCUT2D eigenvalue weighted by Gasteiger charge is 2.33. The second-order valence-electron chi connectivity index (χ2n) is 7.36. The largest absolute Gasteiger partial charge is 0.497 e. The van der Waals surface area contributed by atoms with E-state index in [0.29, 0.717) is 17.0 Å². The molecule has 4 rings (SSSR count). The minimum atomic E-state index is -3.94. The van der Waals surface area contributed by atoms with E-state index in [-0.39, 0.29) is 42.9 Å². The number of furan rings is 1. The van der Waals surface area contributed by atoms with Gasteiger partial charge in [0, 0.05) is 37.6 Å². The van der Waals surface area contributed by atoms with Gasteiger partial charge in [-0.15, -0.1) is 0 Å². The zero-order chi connectivity index (χ0) is 23.0. The second-order valence-corrected chi connectivity index (χ2v) is 9.23. The smallest absolute Gasteiger partial charge is 0.284 e. The molecule has 0 spiro atoms. The first-order chi connectivity index (χ1) is 15.2. The van der Waals surface area contributed by atoms with Crippen LogP contribution < -0.4 is 10.5 Å². The molecule has 10 nitrogen and oxygen atoms in total. The average molecular weight is 458 g/mol. The molecule has 2 N–H and O–H groups in total. The van der Waals surface area contributed by atoms with Gasteiger partial charge in [0.05, 0.1) is 23.9 Å². The minimum Gasteiger partial charge on any atom is -0.497 e. The molecule has 0 atom stereocenters. The number of benzene rings is 1. The predicted molar refractivity (Wildman–Crippen MR) is 115 cm³/mol. The molecular weight excluding hydrogens is 436 g/mol. The number of hydrogen-bond donors (Lipinski definition) is 1. The summed E-state index contributed by atoms with van der Waals surface area (Å²) in [4.78, 5) is 30.4. The van der Waals surface area contributed by atoms with Gasteiger partial charge in [-0.3, -0.25) is 14.6 Å². The number of piperazine rings is 1. The van der Waals surface area contributed by atoms with Crippen LogP contribution in [0.5, 0.6) is 5.75 Å². The highest BCUT2D eigenvalue weighted by atomic mass is 32.2. The number of carbonyl (C=O) groups excluding carboxylic acids is 2. The number of nitrogens with zero attached hydrogens (tertiary/aromatic N) is 3. The normalized spacial score (nSPS) is 15.1. The number of methoxy groups -OCH3 is 1. The third kappa shape index (κ3) is 3.92. The summed E-state index contributed by atoms with van der Waals surface area (Å²) in [6, 6.07) is 9.66. The summed E-state index contributed by atoms with van der Waals surface area (Å²) in [6.07, 6.45) is 0. The molecule has 32 heavy (non-hydrogen) atoms.